The molecule has 4 heterocycles. The number of aliphatic hydroxyl groups excluding tert-OH is 1. The van der Waals surface area contributed by atoms with Crippen LogP contribution in [0.3, 0.4) is 0 Å². The number of nitrogens with one attached hydrogen (secondary N) is 2. The number of nitrogens with zero attached hydrogens (tertiary/aromatic N) is 4. The lowest BCUT2D eigenvalue weighted by Gasteiger charge is -2.59. The smallest absolute Gasteiger partial charge is 0.426 e. The third-order valence-corrected chi connectivity index (χ3v) is 21.5. The van der Waals surface area contributed by atoms with Crippen LogP contribution in [0.5, 0.6) is 0 Å². The zero-order chi connectivity index (χ0) is 54.3. The number of amides is 2. The zero-order valence-electron chi connectivity index (χ0n) is 47.2. The summed E-state index contributed by atoms with van der Waals surface area (Å²) in [6.45, 7) is 7.33. The summed E-state index contributed by atoms with van der Waals surface area (Å²) in [6, 6.07) is 0.112. The van der Waals surface area contributed by atoms with Crippen molar-refractivity contribution in [3.05, 3.63) is 11.1 Å². The third kappa shape index (κ3) is 13.9. The number of piperidine rings is 1. The lowest BCUT2D eigenvalue weighted by atomic mass is 9.55. The Balaban J connectivity index is 0.819. The lowest BCUT2D eigenvalue weighted by molar-refractivity contribution is -0.153. The predicted octanol–water partition coefficient (Wildman–Crippen LogP) is 9.98. The maximum Gasteiger partial charge on any atom is 0.426 e. The number of aliphatic hydroxyl groups is 1. The summed E-state index contributed by atoms with van der Waals surface area (Å²) in [5, 5.41) is 28.6. The minimum Gasteiger partial charge on any atom is -0.481 e. The average Bonchev–Trinajstić information content (AvgIpc) is 3.84. The van der Waals surface area contributed by atoms with Crippen LogP contribution in [0.1, 0.15) is 180 Å². The topological polar surface area (TPSA) is 165 Å². The number of carbonyl (C=O) groups excluding carboxylic acids is 2. The highest BCUT2D eigenvalue weighted by Gasteiger charge is 2.58. The van der Waals surface area contributed by atoms with Crippen molar-refractivity contribution in [1.82, 2.24) is 20.4 Å². The molecule has 0 aromatic heterocycles. The SMILES string of the molecule is CCCCC1CC2=C(C3CC(C(=O)NCCN(CC4CCC(/N=C\C(F)(F)F)CC4)C(=O)CCNCC(O)COC4CCCC5CCCCC54)CCC3C(=O)O)C3CC4CCCCN5CCCC(C3OC2C2CCCN=C12)C45. The van der Waals surface area contributed by atoms with Gasteiger partial charge >= 0.3 is 12.1 Å². The number of rotatable bonds is 20. The summed E-state index contributed by atoms with van der Waals surface area (Å²) in [7, 11) is 0. The average molecular weight is 1100 g/mol. The molecule has 78 heavy (non-hydrogen) atoms. The normalized spacial score (nSPS) is 37.6. The summed E-state index contributed by atoms with van der Waals surface area (Å²) >= 11 is 0. The molecule has 0 radical (unpaired) electrons. The Morgan fingerprint density at radius 2 is 1.65 bits per heavy atom. The van der Waals surface area contributed by atoms with Crippen LogP contribution in [-0.4, -0.2) is 151 Å². The second kappa shape index (κ2) is 27.0. The van der Waals surface area contributed by atoms with Gasteiger partial charge in [0.15, 0.2) is 0 Å². The minimum absolute atomic E-state index is 0.0334. The molecule has 438 valence electrons. The van der Waals surface area contributed by atoms with E-state index in [9.17, 15) is 37.8 Å². The van der Waals surface area contributed by atoms with Crippen LogP contribution >= 0.6 is 0 Å². The molecule has 13 nitrogen and oxygen atoms in total. The number of fused-ring (bicyclic) bond motifs is 6. The molecular weight excluding hydrogens is 998 g/mol. The van der Waals surface area contributed by atoms with E-state index in [1.807, 2.05) is 4.90 Å². The Morgan fingerprint density at radius 1 is 0.872 bits per heavy atom. The number of carbonyl (C=O) groups is 3. The number of unbranched alkanes of at least 4 members (excludes halogenated alkanes) is 1. The van der Waals surface area contributed by atoms with Crippen molar-refractivity contribution in [2.24, 2.45) is 75.1 Å². The van der Waals surface area contributed by atoms with E-state index in [1.54, 1.807) is 0 Å². The van der Waals surface area contributed by atoms with E-state index in [4.69, 9.17) is 14.5 Å². The Bertz CT molecular complexity index is 2110. The fourth-order valence-corrected chi connectivity index (χ4v) is 17.9. The first kappa shape index (κ1) is 58.3. The number of ether oxygens (including phenoxy) is 2. The van der Waals surface area contributed by atoms with Gasteiger partial charge in [-0.1, -0.05) is 57.4 Å². The number of hydrogen-bond acceptors (Lipinski definition) is 10. The first-order valence-electron chi connectivity index (χ1n) is 31.9. The Labute approximate surface area is 463 Å². The van der Waals surface area contributed by atoms with Gasteiger partial charge in [0.25, 0.3) is 0 Å². The molecule has 10 aliphatic rings. The van der Waals surface area contributed by atoms with Gasteiger partial charge in [-0.15, -0.1) is 0 Å². The van der Waals surface area contributed by atoms with Crippen molar-refractivity contribution in [2.75, 3.05) is 59.0 Å². The second-order valence-electron chi connectivity index (χ2n) is 26.3. The van der Waals surface area contributed by atoms with Crippen LogP contribution in [0.4, 0.5) is 13.2 Å². The molecule has 2 amide bonds. The molecule has 6 saturated carbocycles. The van der Waals surface area contributed by atoms with Crippen LogP contribution in [-0.2, 0) is 23.9 Å². The van der Waals surface area contributed by atoms with E-state index in [0.717, 1.165) is 89.8 Å². The number of carboxylic acid groups (broad SMARTS) is 1. The molecule has 15 unspecified atom stereocenters. The van der Waals surface area contributed by atoms with Gasteiger partial charge < -0.3 is 35.2 Å². The molecule has 16 heteroatoms. The van der Waals surface area contributed by atoms with Gasteiger partial charge in [-0.3, -0.25) is 29.3 Å². The molecule has 0 aromatic carbocycles. The van der Waals surface area contributed by atoms with Gasteiger partial charge in [0.05, 0.1) is 36.9 Å². The molecule has 8 fully saturated rings. The number of hydrogen-bond donors (Lipinski definition) is 4. The van der Waals surface area contributed by atoms with Gasteiger partial charge in [0.1, 0.15) is 6.21 Å². The summed E-state index contributed by atoms with van der Waals surface area (Å²) in [4.78, 5) is 56.1. The summed E-state index contributed by atoms with van der Waals surface area (Å²) in [5.74, 6) is 0.941. The van der Waals surface area contributed by atoms with Crippen LogP contribution in [0, 0.1) is 65.1 Å². The maximum absolute atomic E-state index is 14.6. The molecule has 2 saturated heterocycles. The predicted molar refractivity (Wildman–Crippen MR) is 296 cm³/mol. The third-order valence-electron chi connectivity index (χ3n) is 21.5. The van der Waals surface area contributed by atoms with E-state index in [0.29, 0.717) is 94.3 Å². The number of halogens is 3. The first-order chi connectivity index (χ1) is 37.8. The van der Waals surface area contributed by atoms with Crippen molar-refractivity contribution < 1.29 is 47.2 Å². The molecule has 0 spiro atoms. The molecule has 4 N–H and O–H groups in total. The molecule has 0 bridgehead atoms. The standard InChI is InChI=1S/C62H97F3N6O7/c1-2-3-11-41-32-51-55(52-33-42-13-6-7-29-70-30-10-17-49(57(42)70)59(52)78-58(51)48-16-9-26-67-56(41)48)50-34-43(21-24-47(50)61(75)76)60(74)68-28-31-71(36-39-19-22-44(23-20-39)69-38-62(63,64)65)54(73)25-27-66-35-45(72)37-77-53-18-8-14-40-12-4-5-15-46(40)53/h38-50,52-53,57-59,66,72H,2-37H2,1H3,(H,68,74)(H,75,76)/b69-38-. The van der Waals surface area contributed by atoms with Gasteiger partial charge in [0, 0.05) is 93.1 Å². The summed E-state index contributed by atoms with van der Waals surface area (Å²) < 4.78 is 52.9. The minimum atomic E-state index is -4.45. The highest BCUT2D eigenvalue weighted by molar-refractivity contribution is 5.92. The largest absolute Gasteiger partial charge is 0.481 e. The Morgan fingerprint density at radius 3 is 2.47 bits per heavy atom. The van der Waals surface area contributed by atoms with E-state index in [2.05, 4.69) is 27.4 Å². The van der Waals surface area contributed by atoms with Crippen LogP contribution in [0.2, 0.25) is 0 Å². The quantitative estimate of drug-likeness (QED) is 0.0528. The summed E-state index contributed by atoms with van der Waals surface area (Å²) in [5.41, 5.74) is 4.07. The zero-order valence-corrected chi connectivity index (χ0v) is 47.2. The van der Waals surface area contributed by atoms with Crippen LogP contribution < -0.4 is 10.6 Å². The van der Waals surface area contributed by atoms with Crippen molar-refractivity contribution in [1.29, 1.82) is 0 Å². The fraction of sp³-hybridized carbons (Fsp3) is 0.887. The molecule has 10 rings (SSSR count). The van der Waals surface area contributed by atoms with Crippen molar-refractivity contribution in [3.63, 3.8) is 0 Å². The molecule has 6 aliphatic carbocycles. The number of aliphatic imine (C=N–C) groups is 2. The maximum atomic E-state index is 14.6. The Hall–Kier alpha value is -2.92. The van der Waals surface area contributed by atoms with Crippen molar-refractivity contribution in [2.45, 2.75) is 223 Å². The second-order valence-corrected chi connectivity index (χ2v) is 26.3. The number of aliphatic carboxylic acids is 1. The Kier molecular flexibility index (Phi) is 20.2. The number of alkyl halides is 3. The number of carboxylic acids is 1. The summed E-state index contributed by atoms with van der Waals surface area (Å²) in [6.07, 6.45) is 20.9. The van der Waals surface area contributed by atoms with Gasteiger partial charge in [0.2, 0.25) is 11.8 Å². The van der Waals surface area contributed by atoms with Gasteiger partial charge in [-0.05, 0) is 170 Å². The molecule has 4 aliphatic heterocycles. The van der Waals surface area contributed by atoms with Crippen LogP contribution in [0.25, 0.3) is 0 Å². The lowest BCUT2D eigenvalue weighted by Crippen LogP contribution is -2.62. The van der Waals surface area contributed by atoms with E-state index in [1.165, 1.54) is 74.6 Å². The van der Waals surface area contributed by atoms with Gasteiger partial charge in [-0.2, -0.15) is 13.2 Å². The van der Waals surface area contributed by atoms with Gasteiger partial charge in [-0.25, -0.2) is 0 Å². The monoisotopic (exact) mass is 1090 g/mol. The first-order valence-corrected chi connectivity index (χ1v) is 31.9. The molecule has 15 atom stereocenters. The van der Waals surface area contributed by atoms with Crippen molar-refractivity contribution >= 4 is 29.7 Å². The van der Waals surface area contributed by atoms with Crippen LogP contribution in [0.15, 0.2) is 21.1 Å². The fourth-order valence-electron chi connectivity index (χ4n) is 17.9. The highest BCUT2D eigenvalue weighted by Crippen LogP contribution is 2.58. The molecule has 0 aromatic rings. The van der Waals surface area contributed by atoms with E-state index < -0.39 is 30.2 Å². The highest BCUT2D eigenvalue weighted by atomic mass is 19.4. The van der Waals surface area contributed by atoms with E-state index >= 15 is 0 Å². The van der Waals surface area contributed by atoms with E-state index in [-0.39, 0.29) is 92.0 Å². The molecular formula is C62H97F3N6O7. The van der Waals surface area contributed by atoms with Crippen molar-refractivity contribution in [3.8, 4) is 0 Å².